The fourth-order valence-corrected chi connectivity index (χ4v) is 2.05. The molecule has 1 aliphatic rings. The lowest BCUT2D eigenvalue weighted by Gasteiger charge is -2.32. The van der Waals surface area contributed by atoms with Crippen molar-refractivity contribution in [2.75, 3.05) is 19.7 Å². The first-order chi connectivity index (χ1) is 7.74. The maximum Gasteiger partial charge on any atom is 0.137 e. The van der Waals surface area contributed by atoms with E-state index >= 15 is 0 Å². The number of aliphatic hydroxyl groups is 1. The van der Waals surface area contributed by atoms with Gasteiger partial charge in [0.2, 0.25) is 0 Å². The number of rotatable bonds is 3. The van der Waals surface area contributed by atoms with Crippen molar-refractivity contribution in [3.8, 4) is 5.75 Å². The lowest BCUT2D eigenvalue weighted by Crippen LogP contribution is -2.39. The second kappa shape index (κ2) is 4.80. The summed E-state index contributed by atoms with van der Waals surface area (Å²) in [4.78, 5) is 4.12. The molecule has 1 aromatic rings. The number of piperidine rings is 1. The Kier molecular flexibility index (Phi) is 3.41. The molecule has 0 atom stereocenters. The number of pyridine rings is 1. The average Bonchev–Trinajstić information content (AvgIpc) is 2.31. The van der Waals surface area contributed by atoms with Crippen LogP contribution in [-0.2, 0) is 5.60 Å². The van der Waals surface area contributed by atoms with Crippen LogP contribution in [0.25, 0.3) is 0 Å². The number of nitrogens with one attached hydrogen (secondary N) is 1. The van der Waals surface area contributed by atoms with Crippen LogP contribution in [0.5, 0.6) is 5.75 Å². The molecule has 1 fully saturated rings. The summed E-state index contributed by atoms with van der Waals surface area (Å²) in [6.07, 6.45) is 4.86. The fraction of sp³-hybridized carbons (Fsp3) is 0.583. The summed E-state index contributed by atoms with van der Waals surface area (Å²) in [7, 11) is 0. The number of aromatic nitrogens is 1. The molecule has 0 aromatic carbocycles. The summed E-state index contributed by atoms with van der Waals surface area (Å²) in [6, 6.07) is 1.89. The number of ether oxygens (including phenoxy) is 1. The van der Waals surface area contributed by atoms with Crippen molar-refractivity contribution < 1.29 is 9.84 Å². The Hall–Kier alpha value is -1.13. The van der Waals surface area contributed by atoms with E-state index in [1.807, 2.05) is 13.0 Å². The van der Waals surface area contributed by atoms with E-state index in [-0.39, 0.29) is 0 Å². The van der Waals surface area contributed by atoms with Crippen LogP contribution in [0.2, 0.25) is 0 Å². The van der Waals surface area contributed by atoms with E-state index in [1.165, 1.54) is 0 Å². The lowest BCUT2D eigenvalue weighted by molar-refractivity contribution is 0.00541. The SMILES string of the molecule is CCOc1cncc(C2(O)CCNCC2)c1. The normalized spacial score (nSPS) is 19.4. The van der Waals surface area contributed by atoms with E-state index < -0.39 is 5.60 Å². The lowest BCUT2D eigenvalue weighted by atomic mass is 9.86. The van der Waals surface area contributed by atoms with Gasteiger partial charge in [0, 0.05) is 11.8 Å². The Morgan fingerprint density at radius 2 is 2.19 bits per heavy atom. The van der Waals surface area contributed by atoms with Gasteiger partial charge in [-0.05, 0) is 38.9 Å². The van der Waals surface area contributed by atoms with Crippen molar-refractivity contribution in [3.05, 3.63) is 24.0 Å². The van der Waals surface area contributed by atoms with Crippen molar-refractivity contribution >= 4 is 0 Å². The molecule has 0 unspecified atom stereocenters. The van der Waals surface area contributed by atoms with Crippen LogP contribution in [-0.4, -0.2) is 29.8 Å². The topological polar surface area (TPSA) is 54.4 Å². The molecule has 0 radical (unpaired) electrons. The molecule has 4 nitrogen and oxygen atoms in total. The molecule has 0 amide bonds. The minimum atomic E-state index is -0.745. The van der Waals surface area contributed by atoms with Gasteiger partial charge in [0.25, 0.3) is 0 Å². The van der Waals surface area contributed by atoms with Crippen LogP contribution >= 0.6 is 0 Å². The van der Waals surface area contributed by atoms with E-state index in [2.05, 4.69) is 10.3 Å². The van der Waals surface area contributed by atoms with Gasteiger partial charge in [-0.3, -0.25) is 4.98 Å². The Labute approximate surface area is 95.7 Å². The van der Waals surface area contributed by atoms with Gasteiger partial charge in [0.15, 0.2) is 0 Å². The monoisotopic (exact) mass is 222 g/mol. The molecule has 88 valence electrons. The molecule has 2 heterocycles. The second-order valence-electron chi connectivity index (χ2n) is 4.12. The first kappa shape index (κ1) is 11.4. The number of nitrogens with zero attached hydrogens (tertiary/aromatic N) is 1. The molecule has 0 bridgehead atoms. The van der Waals surface area contributed by atoms with E-state index in [4.69, 9.17) is 4.74 Å². The zero-order chi connectivity index (χ0) is 11.4. The highest BCUT2D eigenvalue weighted by Crippen LogP contribution is 2.31. The predicted molar refractivity (Wildman–Crippen MR) is 61.4 cm³/mol. The van der Waals surface area contributed by atoms with Crippen LogP contribution < -0.4 is 10.1 Å². The quantitative estimate of drug-likeness (QED) is 0.802. The van der Waals surface area contributed by atoms with Crippen molar-refractivity contribution in [1.29, 1.82) is 0 Å². The number of hydrogen-bond acceptors (Lipinski definition) is 4. The van der Waals surface area contributed by atoms with Crippen LogP contribution in [0.3, 0.4) is 0 Å². The van der Waals surface area contributed by atoms with Gasteiger partial charge < -0.3 is 15.2 Å². The van der Waals surface area contributed by atoms with Gasteiger partial charge in [0.05, 0.1) is 18.4 Å². The Balaban J connectivity index is 2.21. The van der Waals surface area contributed by atoms with Gasteiger partial charge in [-0.2, -0.15) is 0 Å². The third-order valence-electron chi connectivity index (χ3n) is 2.99. The van der Waals surface area contributed by atoms with Gasteiger partial charge in [0.1, 0.15) is 5.75 Å². The fourth-order valence-electron chi connectivity index (χ4n) is 2.05. The van der Waals surface area contributed by atoms with Crippen molar-refractivity contribution in [3.63, 3.8) is 0 Å². The molecule has 2 N–H and O–H groups in total. The summed E-state index contributed by atoms with van der Waals surface area (Å²) in [5.41, 5.74) is 0.116. The third-order valence-corrected chi connectivity index (χ3v) is 2.99. The molecule has 2 rings (SSSR count). The highest BCUT2D eigenvalue weighted by molar-refractivity contribution is 5.28. The molecule has 0 aliphatic carbocycles. The maximum atomic E-state index is 10.5. The molecule has 0 saturated carbocycles. The zero-order valence-electron chi connectivity index (χ0n) is 9.57. The van der Waals surface area contributed by atoms with E-state index in [0.29, 0.717) is 6.61 Å². The largest absolute Gasteiger partial charge is 0.492 e. The Morgan fingerprint density at radius 3 is 2.88 bits per heavy atom. The Bertz CT molecular complexity index is 349. The minimum absolute atomic E-state index is 0.616. The van der Waals surface area contributed by atoms with Crippen LogP contribution in [0, 0.1) is 0 Å². The standard InChI is InChI=1S/C12H18N2O2/c1-2-16-11-7-10(8-14-9-11)12(15)3-5-13-6-4-12/h7-9,13,15H,2-6H2,1H3. The molecule has 0 spiro atoms. The van der Waals surface area contributed by atoms with Crippen LogP contribution in [0.1, 0.15) is 25.3 Å². The molecular formula is C12H18N2O2. The van der Waals surface area contributed by atoms with Crippen molar-refractivity contribution in [2.45, 2.75) is 25.4 Å². The van der Waals surface area contributed by atoms with Gasteiger partial charge in [-0.1, -0.05) is 0 Å². The van der Waals surface area contributed by atoms with Gasteiger partial charge in [-0.15, -0.1) is 0 Å². The molecule has 16 heavy (non-hydrogen) atoms. The van der Waals surface area contributed by atoms with Gasteiger partial charge in [-0.25, -0.2) is 0 Å². The molecule has 1 aliphatic heterocycles. The third kappa shape index (κ3) is 2.33. The van der Waals surface area contributed by atoms with E-state index in [0.717, 1.165) is 37.2 Å². The predicted octanol–water partition coefficient (Wildman–Crippen LogP) is 1.05. The maximum absolute atomic E-state index is 10.5. The summed E-state index contributed by atoms with van der Waals surface area (Å²) < 4.78 is 5.39. The van der Waals surface area contributed by atoms with Crippen LogP contribution in [0.15, 0.2) is 18.5 Å². The van der Waals surface area contributed by atoms with E-state index in [9.17, 15) is 5.11 Å². The summed E-state index contributed by atoms with van der Waals surface area (Å²) in [5, 5.41) is 13.7. The van der Waals surface area contributed by atoms with Crippen molar-refractivity contribution in [2.24, 2.45) is 0 Å². The number of hydrogen-bond donors (Lipinski definition) is 2. The first-order valence-corrected chi connectivity index (χ1v) is 5.76. The zero-order valence-corrected chi connectivity index (χ0v) is 9.57. The Morgan fingerprint density at radius 1 is 1.44 bits per heavy atom. The van der Waals surface area contributed by atoms with Gasteiger partial charge >= 0.3 is 0 Å². The smallest absolute Gasteiger partial charge is 0.137 e. The summed E-state index contributed by atoms with van der Waals surface area (Å²) >= 11 is 0. The summed E-state index contributed by atoms with van der Waals surface area (Å²) in [5.74, 6) is 0.729. The second-order valence-corrected chi connectivity index (χ2v) is 4.12. The van der Waals surface area contributed by atoms with Crippen molar-refractivity contribution in [1.82, 2.24) is 10.3 Å². The van der Waals surface area contributed by atoms with Crippen LogP contribution in [0.4, 0.5) is 0 Å². The summed E-state index contributed by atoms with van der Waals surface area (Å²) in [6.45, 7) is 4.24. The highest BCUT2D eigenvalue weighted by Gasteiger charge is 2.31. The molecule has 1 saturated heterocycles. The first-order valence-electron chi connectivity index (χ1n) is 5.76. The molecule has 1 aromatic heterocycles. The highest BCUT2D eigenvalue weighted by atomic mass is 16.5. The molecule has 4 heteroatoms. The average molecular weight is 222 g/mol. The minimum Gasteiger partial charge on any atom is -0.492 e. The molecular weight excluding hydrogens is 204 g/mol. The van der Waals surface area contributed by atoms with E-state index in [1.54, 1.807) is 12.4 Å².